The van der Waals surface area contributed by atoms with Crippen molar-refractivity contribution < 1.29 is 5.11 Å². The van der Waals surface area contributed by atoms with Gasteiger partial charge >= 0.3 is 0 Å². The van der Waals surface area contributed by atoms with Crippen molar-refractivity contribution in [2.24, 2.45) is 0 Å². The van der Waals surface area contributed by atoms with Crippen LogP contribution in [0.25, 0.3) is 0 Å². The fourth-order valence-corrected chi connectivity index (χ4v) is 1.15. The Morgan fingerprint density at radius 3 is 2.91 bits per heavy atom. The topological polar surface area (TPSA) is 51.2 Å². The summed E-state index contributed by atoms with van der Waals surface area (Å²) in [7, 11) is 0. The third-order valence-electron chi connectivity index (χ3n) is 1.73. The molecular formula is C8H14N2O. The van der Waals surface area contributed by atoms with Gasteiger partial charge in [0.05, 0.1) is 18.0 Å². The molecule has 0 aliphatic heterocycles. The zero-order chi connectivity index (χ0) is 8.27. The van der Waals surface area contributed by atoms with Crippen LogP contribution >= 0.6 is 0 Å². The van der Waals surface area contributed by atoms with E-state index in [2.05, 4.69) is 6.92 Å². The molecule has 1 aromatic heterocycles. The molecule has 0 saturated carbocycles. The van der Waals surface area contributed by atoms with Gasteiger partial charge in [0.2, 0.25) is 0 Å². The molecule has 0 radical (unpaired) electrons. The van der Waals surface area contributed by atoms with Crippen LogP contribution in [-0.4, -0.2) is 9.67 Å². The van der Waals surface area contributed by atoms with E-state index in [0.29, 0.717) is 5.69 Å². The summed E-state index contributed by atoms with van der Waals surface area (Å²) in [6.45, 7) is 3.04. The molecular weight excluding hydrogens is 140 g/mol. The molecule has 0 aliphatic carbocycles. The minimum atomic E-state index is 0.0266. The number of hydrogen-bond donors (Lipinski definition) is 2. The first kappa shape index (κ1) is 8.14. The van der Waals surface area contributed by atoms with Crippen LogP contribution in [0.3, 0.4) is 0 Å². The Kier molecular flexibility index (Phi) is 2.54. The van der Waals surface area contributed by atoms with E-state index < -0.39 is 0 Å². The Bertz CT molecular complexity index is 230. The smallest absolute Gasteiger partial charge is 0.0853 e. The first-order valence-corrected chi connectivity index (χ1v) is 3.84. The van der Waals surface area contributed by atoms with Crippen LogP contribution < -0.4 is 5.73 Å². The van der Waals surface area contributed by atoms with Gasteiger partial charge in [0.1, 0.15) is 0 Å². The average Bonchev–Trinajstić information content (AvgIpc) is 2.33. The fourth-order valence-electron chi connectivity index (χ4n) is 1.15. The summed E-state index contributed by atoms with van der Waals surface area (Å²) in [5, 5.41) is 8.91. The quantitative estimate of drug-likeness (QED) is 0.681. The van der Waals surface area contributed by atoms with E-state index in [4.69, 9.17) is 10.8 Å². The Balaban J connectivity index is 2.86. The van der Waals surface area contributed by atoms with Gasteiger partial charge < -0.3 is 15.4 Å². The SMILES string of the molecule is CCCn1ccc(N)c1CO. The summed E-state index contributed by atoms with van der Waals surface area (Å²) in [6, 6.07) is 1.82. The van der Waals surface area contributed by atoms with Gasteiger partial charge in [0.25, 0.3) is 0 Å². The summed E-state index contributed by atoms with van der Waals surface area (Å²) in [5.74, 6) is 0. The number of aliphatic hydroxyl groups excluding tert-OH is 1. The number of nitrogen functional groups attached to an aromatic ring is 1. The molecule has 1 aromatic rings. The van der Waals surface area contributed by atoms with Crippen LogP contribution in [0.4, 0.5) is 5.69 Å². The number of aryl methyl sites for hydroxylation is 1. The lowest BCUT2D eigenvalue weighted by atomic mass is 10.4. The molecule has 1 heterocycles. The second-order valence-corrected chi connectivity index (χ2v) is 2.57. The molecule has 0 spiro atoms. The molecule has 3 nitrogen and oxygen atoms in total. The van der Waals surface area contributed by atoms with Gasteiger partial charge in [-0.25, -0.2) is 0 Å². The molecule has 0 saturated heterocycles. The van der Waals surface area contributed by atoms with Gasteiger partial charge in [-0.05, 0) is 12.5 Å². The van der Waals surface area contributed by atoms with E-state index in [1.165, 1.54) is 0 Å². The van der Waals surface area contributed by atoms with Gasteiger partial charge in [-0.15, -0.1) is 0 Å². The highest BCUT2D eigenvalue weighted by Crippen LogP contribution is 2.13. The molecule has 0 bridgehead atoms. The number of nitrogens with zero attached hydrogens (tertiary/aromatic N) is 1. The summed E-state index contributed by atoms with van der Waals surface area (Å²) in [6.07, 6.45) is 2.96. The van der Waals surface area contributed by atoms with Crippen molar-refractivity contribution in [3.63, 3.8) is 0 Å². The lowest BCUT2D eigenvalue weighted by Gasteiger charge is -2.04. The van der Waals surface area contributed by atoms with Crippen molar-refractivity contribution in [2.75, 3.05) is 5.73 Å². The van der Waals surface area contributed by atoms with Crippen molar-refractivity contribution in [2.45, 2.75) is 26.5 Å². The molecule has 0 unspecified atom stereocenters. The maximum Gasteiger partial charge on any atom is 0.0853 e. The van der Waals surface area contributed by atoms with E-state index in [9.17, 15) is 0 Å². The number of hydrogen-bond acceptors (Lipinski definition) is 2. The second kappa shape index (κ2) is 3.44. The average molecular weight is 154 g/mol. The van der Waals surface area contributed by atoms with Crippen LogP contribution in [0.15, 0.2) is 12.3 Å². The maximum atomic E-state index is 8.91. The highest BCUT2D eigenvalue weighted by Gasteiger charge is 2.02. The number of rotatable bonds is 3. The minimum Gasteiger partial charge on any atom is -0.397 e. The first-order chi connectivity index (χ1) is 5.29. The molecule has 0 aliphatic rings. The molecule has 62 valence electrons. The van der Waals surface area contributed by atoms with Crippen molar-refractivity contribution in [3.05, 3.63) is 18.0 Å². The van der Waals surface area contributed by atoms with Crippen LogP contribution in [0.1, 0.15) is 19.0 Å². The molecule has 0 atom stereocenters. The Hall–Kier alpha value is -0.960. The highest BCUT2D eigenvalue weighted by atomic mass is 16.3. The third kappa shape index (κ3) is 1.54. The van der Waals surface area contributed by atoms with Gasteiger partial charge in [-0.1, -0.05) is 6.92 Å². The van der Waals surface area contributed by atoms with E-state index in [1.54, 1.807) is 0 Å². The number of nitrogens with two attached hydrogens (primary N) is 1. The third-order valence-corrected chi connectivity index (χ3v) is 1.73. The zero-order valence-corrected chi connectivity index (χ0v) is 6.75. The molecule has 0 fully saturated rings. The zero-order valence-electron chi connectivity index (χ0n) is 6.75. The fraction of sp³-hybridized carbons (Fsp3) is 0.500. The summed E-state index contributed by atoms with van der Waals surface area (Å²) < 4.78 is 1.98. The molecule has 3 N–H and O–H groups in total. The Morgan fingerprint density at radius 1 is 1.64 bits per heavy atom. The number of aliphatic hydroxyl groups is 1. The van der Waals surface area contributed by atoms with Gasteiger partial charge in [-0.2, -0.15) is 0 Å². The largest absolute Gasteiger partial charge is 0.397 e. The van der Waals surface area contributed by atoms with Crippen LogP contribution in [0.2, 0.25) is 0 Å². The van der Waals surface area contributed by atoms with Gasteiger partial charge in [0, 0.05) is 12.7 Å². The van der Waals surface area contributed by atoms with Crippen LogP contribution in [0.5, 0.6) is 0 Å². The molecule has 0 aromatic carbocycles. The monoisotopic (exact) mass is 154 g/mol. The van der Waals surface area contributed by atoms with Crippen molar-refractivity contribution in [1.29, 1.82) is 0 Å². The van der Waals surface area contributed by atoms with E-state index in [-0.39, 0.29) is 6.61 Å². The van der Waals surface area contributed by atoms with Gasteiger partial charge in [0.15, 0.2) is 0 Å². The van der Waals surface area contributed by atoms with Crippen molar-refractivity contribution in [1.82, 2.24) is 4.57 Å². The van der Waals surface area contributed by atoms with Crippen molar-refractivity contribution >= 4 is 5.69 Å². The summed E-state index contributed by atoms with van der Waals surface area (Å²) >= 11 is 0. The maximum absolute atomic E-state index is 8.91. The minimum absolute atomic E-state index is 0.0266. The standard InChI is InChI=1S/C8H14N2O/c1-2-4-10-5-3-7(9)8(10)6-11/h3,5,11H,2,4,6,9H2,1H3. The number of anilines is 1. The summed E-state index contributed by atoms with van der Waals surface area (Å²) in [4.78, 5) is 0. The second-order valence-electron chi connectivity index (χ2n) is 2.57. The Morgan fingerprint density at radius 2 is 2.36 bits per heavy atom. The Labute approximate surface area is 66.4 Å². The van der Waals surface area contributed by atoms with Crippen molar-refractivity contribution in [3.8, 4) is 0 Å². The molecule has 3 heteroatoms. The molecule has 11 heavy (non-hydrogen) atoms. The number of aromatic nitrogens is 1. The van der Waals surface area contributed by atoms with E-state index in [1.807, 2.05) is 16.8 Å². The predicted molar refractivity (Wildman–Crippen MR) is 45.1 cm³/mol. The lowest BCUT2D eigenvalue weighted by molar-refractivity contribution is 0.271. The normalized spacial score (nSPS) is 10.4. The van der Waals surface area contributed by atoms with E-state index >= 15 is 0 Å². The lowest BCUT2D eigenvalue weighted by Crippen LogP contribution is -2.02. The molecule has 1 rings (SSSR count). The first-order valence-electron chi connectivity index (χ1n) is 3.84. The van der Waals surface area contributed by atoms with Crippen LogP contribution in [-0.2, 0) is 13.2 Å². The van der Waals surface area contributed by atoms with Crippen LogP contribution in [0, 0.1) is 0 Å². The predicted octanol–water partition coefficient (Wildman–Crippen LogP) is 0.973. The van der Waals surface area contributed by atoms with E-state index in [0.717, 1.165) is 18.7 Å². The summed E-state index contributed by atoms with van der Waals surface area (Å²) in [5.41, 5.74) is 7.11. The molecule has 0 amide bonds. The highest BCUT2D eigenvalue weighted by molar-refractivity contribution is 5.43. The van der Waals surface area contributed by atoms with Gasteiger partial charge in [-0.3, -0.25) is 0 Å².